The Morgan fingerprint density at radius 1 is 1.11 bits per heavy atom. The van der Waals surface area contributed by atoms with E-state index in [-0.39, 0.29) is 0 Å². The van der Waals surface area contributed by atoms with E-state index in [4.69, 9.17) is 4.99 Å². The van der Waals surface area contributed by atoms with Crippen LogP contribution in [-0.2, 0) is 0 Å². The van der Waals surface area contributed by atoms with Crippen LogP contribution in [0.4, 0.5) is 0 Å². The molecule has 4 atom stereocenters. The first-order chi connectivity index (χ1) is 8.79. The molecule has 3 heterocycles. The molecule has 0 unspecified atom stereocenters. The van der Waals surface area contributed by atoms with Gasteiger partial charge in [0.05, 0.1) is 6.04 Å². The van der Waals surface area contributed by atoms with Crippen LogP contribution in [0.25, 0.3) is 0 Å². The quantitative estimate of drug-likeness (QED) is 0.830. The van der Waals surface area contributed by atoms with Gasteiger partial charge in [-0.15, -0.1) is 0 Å². The van der Waals surface area contributed by atoms with E-state index in [0.29, 0.717) is 12.1 Å². The fraction of sp³-hybridized carbons (Fsp3) is 0.933. The van der Waals surface area contributed by atoms with Crippen molar-refractivity contribution < 1.29 is 0 Å². The Balaban J connectivity index is 1.50. The molecule has 3 fully saturated rings. The molecule has 3 heteroatoms. The van der Waals surface area contributed by atoms with Gasteiger partial charge in [0.25, 0.3) is 0 Å². The summed E-state index contributed by atoms with van der Waals surface area (Å²) in [4.78, 5) is 7.64. The number of rotatable bonds is 3. The van der Waals surface area contributed by atoms with Crippen molar-refractivity contribution in [1.29, 1.82) is 0 Å². The van der Waals surface area contributed by atoms with Gasteiger partial charge in [0, 0.05) is 18.1 Å². The maximum absolute atomic E-state index is 5.03. The maximum atomic E-state index is 5.03. The van der Waals surface area contributed by atoms with Gasteiger partial charge >= 0.3 is 0 Å². The van der Waals surface area contributed by atoms with Gasteiger partial charge in [-0.05, 0) is 51.4 Å². The lowest BCUT2D eigenvalue weighted by Crippen LogP contribution is -2.59. The van der Waals surface area contributed by atoms with E-state index in [0.717, 1.165) is 18.0 Å². The van der Waals surface area contributed by atoms with Crippen LogP contribution in [0, 0.1) is 5.92 Å². The minimum Gasteiger partial charge on any atom is -0.354 e. The lowest BCUT2D eigenvalue weighted by atomic mass is 9.98. The summed E-state index contributed by atoms with van der Waals surface area (Å²) in [6, 6.07) is 2.81. The zero-order valence-electron chi connectivity index (χ0n) is 11.4. The summed E-state index contributed by atoms with van der Waals surface area (Å²) < 4.78 is 0. The van der Waals surface area contributed by atoms with Gasteiger partial charge in [0.2, 0.25) is 0 Å². The van der Waals surface area contributed by atoms with Crippen LogP contribution in [0.5, 0.6) is 0 Å². The number of hydrogen-bond donors (Lipinski definition) is 1. The maximum Gasteiger partial charge on any atom is 0.194 e. The van der Waals surface area contributed by atoms with E-state index in [2.05, 4.69) is 17.1 Å². The second-order valence-corrected chi connectivity index (χ2v) is 6.94. The molecule has 3 nitrogen and oxygen atoms in total. The largest absolute Gasteiger partial charge is 0.354 e. The Morgan fingerprint density at radius 2 is 1.89 bits per heavy atom. The zero-order valence-corrected chi connectivity index (χ0v) is 11.4. The summed E-state index contributed by atoms with van der Waals surface area (Å²) in [7, 11) is 0. The number of hydrogen-bond acceptors (Lipinski definition) is 3. The van der Waals surface area contributed by atoms with Crippen molar-refractivity contribution >= 4 is 5.96 Å². The molecule has 18 heavy (non-hydrogen) atoms. The Labute approximate surface area is 110 Å². The van der Waals surface area contributed by atoms with Crippen LogP contribution in [0.15, 0.2) is 4.99 Å². The Kier molecular flexibility index (Phi) is 2.56. The van der Waals surface area contributed by atoms with Gasteiger partial charge < -0.3 is 10.2 Å². The number of guanidine groups is 1. The van der Waals surface area contributed by atoms with Gasteiger partial charge in [-0.2, -0.15) is 0 Å². The van der Waals surface area contributed by atoms with Gasteiger partial charge in [0.15, 0.2) is 5.96 Å². The van der Waals surface area contributed by atoms with Crippen molar-refractivity contribution in [1.82, 2.24) is 10.2 Å². The summed E-state index contributed by atoms with van der Waals surface area (Å²) >= 11 is 0. The van der Waals surface area contributed by atoms with Crippen molar-refractivity contribution in [3.05, 3.63) is 0 Å². The smallest absolute Gasteiger partial charge is 0.194 e. The van der Waals surface area contributed by atoms with Crippen LogP contribution in [0.2, 0.25) is 0 Å². The molecule has 0 aromatic rings. The lowest BCUT2D eigenvalue weighted by molar-refractivity contribution is 0.209. The number of aliphatic imine (C=N–C) groups is 1. The van der Waals surface area contributed by atoms with E-state index >= 15 is 0 Å². The fourth-order valence-corrected chi connectivity index (χ4v) is 4.19. The molecule has 100 valence electrons. The molecule has 1 aliphatic carbocycles. The summed E-state index contributed by atoms with van der Waals surface area (Å²) in [6.07, 6.45) is 11.1. The first kappa shape index (κ1) is 11.1. The summed E-state index contributed by atoms with van der Waals surface area (Å²) in [6.45, 7) is 2.31. The third-order valence-electron chi connectivity index (χ3n) is 5.32. The van der Waals surface area contributed by atoms with Crippen molar-refractivity contribution in [2.45, 2.75) is 82.5 Å². The highest BCUT2D eigenvalue weighted by Gasteiger charge is 2.43. The molecule has 0 aromatic carbocycles. The second-order valence-electron chi connectivity index (χ2n) is 6.94. The van der Waals surface area contributed by atoms with Crippen LogP contribution < -0.4 is 5.32 Å². The third-order valence-corrected chi connectivity index (χ3v) is 5.32. The monoisotopic (exact) mass is 247 g/mol. The lowest BCUT2D eigenvalue weighted by Gasteiger charge is -2.44. The number of nitrogens with zero attached hydrogens (tertiary/aromatic N) is 2. The first-order valence-corrected chi connectivity index (χ1v) is 7.92. The molecule has 4 aliphatic rings. The Bertz CT molecular complexity index is 361. The summed E-state index contributed by atoms with van der Waals surface area (Å²) in [5, 5.41) is 3.63. The van der Waals surface area contributed by atoms with Gasteiger partial charge in [-0.3, -0.25) is 0 Å². The van der Waals surface area contributed by atoms with Crippen LogP contribution in [-0.4, -0.2) is 35.0 Å². The standard InChI is InChI=1S/C15H25N3/c1-10-8-13-6-7-14-9-12(5-4-11-2-3-11)17-15(16-10)18(13)14/h10-14H,2-9H2,1H3,(H,16,17)/t10-,12+,13+,14-/m0/s1. The molecule has 3 aliphatic heterocycles. The van der Waals surface area contributed by atoms with Gasteiger partial charge in [-0.1, -0.05) is 12.8 Å². The van der Waals surface area contributed by atoms with E-state index in [1.165, 1.54) is 57.3 Å². The summed E-state index contributed by atoms with van der Waals surface area (Å²) in [5.41, 5.74) is 0. The highest BCUT2D eigenvalue weighted by molar-refractivity contribution is 5.83. The Morgan fingerprint density at radius 3 is 2.67 bits per heavy atom. The molecule has 0 amide bonds. The Hall–Kier alpha value is -0.730. The molecule has 0 radical (unpaired) electrons. The van der Waals surface area contributed by atoms with Crippen molar-refractivity contribution in [2.24, 2.45) is 10.9 Å². The van der Waals surface area contributed by atoms with E-state index in [1.54, 1.807) is 0 Å². The minimum absolute atomic E-state index is 0.610. The average Bonchev–Trinajstić information content (AvgIpc) is 3.09. The summed E-state index contributed by atoms with van der Waals surface area (Å²) in [5.74, 6) is 2.30. The molecule has 0 aromatic heterocycles. The molecule has 4 rings (SSSR count). The third kappa shape index (κ3) is 1.92. The molecule has 0 spiro atoms. The normalized spacial score (nSPS) is 42.3. The SMILES string of the molecule is C[C@H]1C[C@H]2CC[C@H]3C[C@@H](CCC4CC4)N=C(N1)N23. The van der Waals surface area contributed by atoms with E-state index in [1.807, 2.05) is 0 Å². The average molecular weight is 247 g/mol. The van der Waals surface area contributed by atoms with Crippen LogP contribution in [0.3, 0.4) is 0 Å². The molecule has 1 saturated carbocycles. The molecule has 2 saturated heterocycles. The number of nitrogens with one attached hydrogen (secondary N) is 1. The zero-order chi connectivity index (χ0) is 12.1. The van der Waals surface area contributed by atoms with Crippen molar-refractivity contribution in [2.75, 3.05) is 0 Å². The minimum atomic E-state index is 0.610. The first-order valence-electron chi connectivity index (χ1n) is 7.92. The van der Waals surface area contributed by atoms with Crippen molar-refractivity contribution in [3.63, 3.8) is 0 Å². The molecular formula is C15H25N3. The molecule has 1 N–H and O–H groups in total. The van der Waals surface area contributed by atoms with Crippen LogP contribution >= 0.6 is 0 Å². The highest BCUT2D eigenvalue weighted by atomic mass is 15.4. The van der Waals surface area contributed by atoms with E-state index in [9.17, 15) is 0 Å². The second kappa shape index (κ2) is 4.14. The highest BCUT2D eigenvalue weighted by Crippen LogP contribution is 2.39. The van der Waals surface area contributed by atoms with Crippen LogP contribution in [0.1, 0.15) is 58.3 Å². The predicted octanol–water partition coefficient (Wildman–Crippen LogP) is 2.52. The molecule has 0 bridgehead atoms. The van der Waals surface area contributed by atoms with Gasteiger partial charge in [-0.25, -0.2) is 4.99 Å². The fourth-order valence-electron chi connectivity index (χ4n) is 4.19. The predicted molar refractivity (Wildman–Crippen MR) is 73.7 cm³/mol. The van der Waals surface area contributed by atoms with Gasteiger partial charge in [0.1, 0.15) is 0 Å². The van der Waals surface area contributed by atoms with E-state index < -0.39 is 0 Å². The topological polar surface area (TPSA) is 27.6 Å². The van der Waals surface area contributed by atoms with Crippen molar-refractivity contribution in [3.8, 4) is 0 Å². The molecular weight excluding hydrogens is 222 g/mol.